The van der Waals surface area contributed by atoms with E-state index in [0.29, 0.717) is 12.6 Å². The molecule has 0 amide bonds. The summed E-state index contributed by atoms with van der Waals surface area (Å²) in [6.45, 7) is 0. The van der Waals surface area contributed by atoms with Gasteiger partial charge in [0.1, 0.15) is 12.6 Å². The highest BCUT2D eigenvalue weighted by molar-refractivity contribution is 7.90. The number of hydrogen-bond acceptors (Lipinski definition) is 4. The monoisotopic (exact) mass is 212 g/mol. The number of hydrogen-bond donors (Lipinski definition) is 0. The molecule has 0 spiro atoms. The highest BCUT2D eigenvalue weighted by Gasteiger charge is 2.09. The van der Waals surface area contributed by atoms with E-state index in [1.165, 1.54) is 18.2 Å². The zero-order valence-corrected chi connectivity index (χ0v) is 8.24. The summed E-state index contributed by atoms with van der Waals surface area (Å²) < 4.78 is 22.3. The van der Waals surface area contributed by atoms with Crippen molar-refractivity contribution in [2.24, 2.45) is 0 Å². The Hall–Kier alpha value is -1.49. The molecule has 74 valence electrons. The van der Waals surface area contributed by atoms with Gasteiger partial charge in [0.15, 0.2) is 9.84 Å². The van der Waals surface area contributed by atoms with Gasteiger partial charge in [0.25, 0.3) is 0 Å². The lowest BCUT2D eigenvalue weighted by molar-refractivity contribution is 0.112. The fourth-order valence-corrected chi connectivity index (χ4v) is 1.70. The van der Waals surface area contributed by atoms with Crippen LogP contribution in [0.5, 0.6) is 0 Å². The molecule has 0 heterocycles. The Morgan fingerprint density at radius 3 is 1.71 bits per heavy atom. The van der Waals surface area contributed by atoms with Gasteiger partial charge in [-0.05, 0) is 18.2 Å². The number of sulfone groups is 1. The van der Waals surface area contributed by atoms with Gasteiger partial charge in [0.2, 0.25) is 0 Å². The van der Waals surface area contributed by atoms with Crippen LogP contribution in [-0.2, 0) is 9.84 Å². The van der Waals surface area contributed by atoms with Crippen molar-refractivity contribution in [3.8, 4) is 0 Å². The molecule has 0 aliphatic heterocycles. The molecule has 1 aromatic rings. The molecule has 1 aromatic carbocycles. The highest BCUT2D eigenvalue weighted by Crippen LogP contribution is 2.13. The minimum Gasteiger partial charge on any atom is -0.298 e. The van der Waals surface area contributed by atoms with Gasteiger partial charge >= 0.3 is 0 Å². The molecule has 0 radical (unpaired) electrons. The molecule has 5 heteroatoms. The quantitative estimate of drug-likeness (QED) is 0.692. The van der Waals surface area contributed by atoms with Crippen LogP contribution < -0.4 is 0 Å². The molecule has 4 nitrogen and oxygen atoms in total. The highest BCUT2D eigenvalue weighted by atomic mass is 32.2. The van der Waals surface area contributed by atoms with Crippen molar-refractivity contribution in [3.63, 3.8) is 0 Å². The van der Waals surface area contributed by atoms with E-state index in [1.54, 1.807) is 0 Å². The van der Waals surface area contributed by atoms with E-state index >= 15 is 0 Å². The molecule has 14 heavy (non-hydrogen) atoms. The van der Waals surface area contributed by atoms with Gasteiger partial charge in [-0.3, -0.25) is 9.59 Å². The summed E-state index contributed by atoms with van der Waals surface area (Å²) in [6, 6.07) is 3.79. The third-order valence-corrected chi connectivity index (χ3v) is 2.74. The van der Waals surface area contributed by atoms with Crippen molar-refractivity contribution in [1.82, 2.24) is 0 Å². The summed E-state index contributed by atoms with van der Waals surface area (Å²) in [7, 11) is -3.39. The Kier molecular flexibility index (Phi) is 2.81. The number of carbonyl (C=O) groups is 2. The second-order valence-electron chi connectivity index (χ2n) is 2.84. The van der Waals surface area contributed by atoms with Crippen molar-refractivity contribution in [2.75, 3.05) is 6.26 Å². The molecular formula is C9H8O4S. The second-order valence-corrected chi connectivity index (χ2v) is 4.86. The molecule has 0 bridgehead atoms. The maximum Gasteiger partial charge on any atom is 0.175 e. The van der Waals surface area contributed by atoms with Crippen molar-refractivity contribution in [1.29, 1.82) is 0 Å². The van der Waals surface area contributed by atoms with Gasteiger partial charge in [-0.2, -0.15) is 0 Å². The van der Waals surface area contributed by atoms with E-state index in [0.717, 1.165) is 6.26 Å². The third kappa shape index (κ3) is 2.26. The Labute approximate surface area is 81.5 Å². The zero-order chi connectivity index (χ0) is 10.8. The minimum atomic E-state index is -3.39. The lowest BCUT2D eigenvalue weighted by atomic mass is 10.1. The fourth-order valence-electron chi connectivity index (χ4n) is 0.996. The van der Waals surface area contributed by atoms with Crippen LogP contribution in [-0.4, -0.2) is 27.2 Å². The van der Waals surface area contributed by atoms with Gasteiger partial charge < -0.3 is 0 Å². The summed E-state index contributed by atoms with van der Waals surface area (Å²) in [4.78, 5) is 20.9. The van der Waals surface area contributed by atoms with Gasteiger partial charge in [0.05, 0.1) is 4.90 Å². The van der Waals surface area contributed by atoms with E-state index in [2.05, 4.69) is 0 Å². The summed E-state index contributed by atoms with van der Waals surface area (Å²) in [5.41, 5.74) is 0.352. The molecule has 0 fully saturated rings. The molecule has 0 unspecified atom stereocenters. The first kappa shape index (κ1) is 10.6. The third-order valence-electron chi connectivity index (χ3n) is 1.65. The first-order valence-corrected chi connectivity index (χ1v) is 5.62. The number of carbonyl (C=O) groups excluding carboxylic acids is 2. The topological polar surface area (TPSA) is 68.3 Å². The van der Waals surface area contributed by atoms with E-state index in [-0.39, 0.29) is 16.0 Å². The van der Waals surface area contributed by atoms with Gasteiger partial charge in [0, 0.05) is 17.4 Å². The zero-order valence-electron chi connectivity index (χ0n) is 7.43. The van der Waals surface area contributed by atoms with Gasteiger partial charge in [-0.15, -0.1) is 0 Å². The summed E-state index contributed by atoms with van der Waals surface area (Å²) >= 11 is 0. The van der Waals surface area contributed by atoms with E-state index in [9.17, 15) is 18.0 Å². The lowest BCUT2D eigenvalue weighted by Gasteiger charge is -2.00. The smallest absolute Gasteiger partial charge is 0.175 e. The summed E-state index contributed by atoms with van der Waals surface area (Å²) in [5.74, 6) is 0. The van der Waals surface area contributed by atoms with Crippen LogP contribution in [0.1, 0.15) is 20.7 Å². The van der Waals surface area contributed by atoms with Crippen molar-refractivity contribution in [2.45, 2.75) is 4.90 Å². The molecule has 0 N–H and O–H groups in total. The van der Waals surface area contributed by atoms with Crippen LogP contribution in [0.2, 0.25) is 0 Å². The maximum atomic E-state index is 11.1. The molecule has 0 aromatic heterocycles. The SMILES string of the molecule is CS(=O)(=O)c1cc(C=O)cc(C=O)c1. The first-order chi connectivity index (χ1) is 6.47. The van der Waals surface area contributed by atoms with Crippen LogP contribution in [0.3, 0.4) is 0 Å². The van der Waals surface area contributed by atoms with Crippen molar-refractivity contribution >= 4 is 22.4 Å². The van der Waals surface area contributed by atoms with Gasteiger partial charge in [-0.1, -0.05) is 0 Å². The van der Waals surface area contributed by atoms with Crippen molar-refractivity contribution in [3.05, 3.63) is 29.3 Å². The number of rotatable bonds is 3. The van der Waals surface area contributed by atoms with Crippen LogP contribution in [0, 0.1) is 0 Å². The molecule has 0 aliphatic carbocycles. The molecule has 0 saturated heterocycles. The number of aldehydes is 2. The standard InChI is InChI=1S/C9H8O4S/c1-14(12,13)9-3-7(5-10)2-8(4-9)6-11/h2-6H,1H3. The largest absolute Gasteiger partial charge is 0.298 e. The molecule has 0 aliphatic rings. The predicted molar refractivity (Wildman–Crippen MR) is 50.3 cm³/mol. The normalized spacial score (nSPS) is 10.9. The van der Waals surface area contributed by atoms with Crippen molar-refractivity contribution < 1.29 is 18.0 Å². The van der Waals surface area contributed by atoms with Crippen LogP contribution in [0.15, 0.2) is 23.1 Å². The Morgan fingerprint density at radius 2 is 1.43 bits per heavy atom. The first-order valence-electron chi connectivity index (χ1n) is 3.73. The molecule has 1 rings (SSSR count). The number of benzene rings is 1. The van der Waals surface area contributed by atoms with Crippen LogP contribution >= 0.6 is 0 Å². The average molecular weight is 212 g/mol. The van der Waals surface area contributed by atoms with E-state index in [1.807, 2.05) is 0 Å². The Bertz CT molecular complexity index is 447. The van der Waals surface area contributed by atoms with E-state index < -0.39 is 9.84 Å². The van der Waals surface area contributed by atoms with Gasteiger partial charge in [-0.25, -0.2) is 8.42 Å². The summed E-state index contributed by atoms with van der Waals surface area (Å²) in [5, 5.41) is 0. The lowest BCUT2D eigenvalue weighted by Crippen LogP contribution is -1.99. The molecule has 0 saturated carbocycles. The molecule has 0 atom stereocenters. The average Bonchev–Trinajstić information content (AvgIpc) is 2.15. The van der Waals surface area contributed by atoms with Crippen LogP contribution in [0.4, 0.5) is 0 Å². The predicted octanol–water partition coefficient (Wildman–Crippen LogP) is 0.715. The Balaban J connectivity index is 3.46. The second kappa shape index (κ2) is 3.71. The fraction of sp³-hybridized carbons (Fsp3) is 0.111. The maximum absolute atomic E-state index is 11.1. The minimum absolute atomic E-state index is 0.0239. The van der Waals surface area contributed by atoms with Crippen LogP contribution in [0.25, 0.3) is 0 Å². The molecular weight excluding hydrogens is 204 g/mol. The van der Waals surface area contributed by atoms with E-state index in [4.69, 9.17) is 0 Å². The summed E-state index contributed by atoms with van der Waals surface area (Å²) in [6.07, 6.45) is 2.02. The Morgan fingerprint density at radius 1 is 1.00 bits per heavy atom.